The van der Waals surface area contributed by atoms with Crippen molar-refractivity contribution in [3.8, 4) is 0 Å². The van der Waals surface area contributed by atoms with Gasteiger partial charge in [-0.2, -0.15) is 0 Å². The molecule has 2 atom stereocenters. The molecule has 6 heteroatoms. The van der Waals surface area contributed by atoms with Crippen LogP contribution < -0.4 is 11.1 Å². The molecule has 116 valence electrons. The number of hydrogen-bond donors (Lipinski definition) is 3. The van der Waals surface area contributed by atoms with E-state index in [-0.39, 0.29) is 13.2 Å². The lowest BCUT2D eigenvalue weighted by Gasteiger charge is -2.17. The summed E-state index contributed by atoms with van der Waals surface area (Å²) < 4.78 is 5.00. The van der Waals surface area contributed by atoms with Crippen molar-refractivity contribution < 1.29 is 19.4 Å². The maximum atomic E-state index is 11.6. The van der Waals surface area contributed by atoms with E-state index in [1.165, 1.54) is 0 Å². The number of aliphatic hydroxyl groups is 1. The molecule has 4 N–H and O–H groups in total. The van der Waals surface area contributed by atoms with E-state index in [1.807, 2.05) is 37.3 Å². The summed E-state index contributed by atoms with van der Waals surface area (Å²) >= 11 is 0. The van der Waals surface area contributed by atoms with E-state index >= 15 is 0 Å². The second kappa shape index (κ2) is 9.10. The van der Waals surface area contributed by atoms with E-state index in [0.717, 1.165) is 12.0 Å². The smallest absolute Gasteiger partial charge is 0.325 e. The maximum Gasteiger partial charge on any atom is 0.325 e. The summed E-state index contributed by atoms with van der Waals surface area (Å²) in [5, 5.41) is 12.0. The fourth-order valence-corrected chi connectivity index (χ4v) is 1.74. The van der Waals surface area contributed by atoms with Gasteiger partial charge in [-0.1, -0.05) is 43.7 Å². The molecule has 0 saturated carbocycles. The molecule has 21 heavy (non-hydrogen) atoms. The normalized spacial score (nSPS) is 13.3. The van der Waals surface area contributed by atoms with Gasteiger partial charge >= 0.3 is 5.97 Å². The highest BCUT2D eigenvalue weighted by Gasteiger charge is 2.22. The number of hydrogen-bond acceptors (Lipinski definition) is 5. The van der Waals surface area contributed by atoms with Crippen molar-refractivity contribution >= 4 is 11.9 Å². The molecule has 6 nitrogen and oxygen atoms in total. The van der Waals surface area contributed by atoms with Crippen LogP contribution in [0.1, 0.15) is 25.3 Å². The van der Waals surface area contributed by atoms with E-state index in [0.29, 0.717) is 6.42 Å². The lowest BCUT2D eigenvalue weighted by Crippen LogP contribution is -2.47. The molecule has 0 heterocycles. The Hall–Kier alpha value is -1.92. The highest BCUT2D eigenvalue weighted by Crippen LogP contribution is 2.01. The topological polar surface area (TPSA) is 102 Å². The fraction of sp³-hybridized carbons (Fsp3) is 0.467. The van der Waals surface area contributed by atoms with Crippen LogP contribution in [0.4, 0.5) is 0 Å². The number of nitrogens with two attached hydrogens (primary N) is 1. The molecule has 0 aliphatic heterocycles. The third-order valence-corrected chi connectivity index (χ3v) is 2.95. The van der Waals surface area contributed by atoms with E-state index < -0.39 is 24.0 Å². The third-order valence-electron chi connectivity index (χ3n) is 2.95. The highest BCUT2D eigenvalue weighted by atomic mass is 16.5. The number of nitrogens with one attached hydrogen (secondary N) is 1. The second-order valence-electron chi connectivity index (χ2n) is 4.76. The lowest BCUT2D eigenvalue weighted by molar-refractivity contribution is -0.146. The van der Waals surface area contributed by atoms with Crippen molar-refractivity contribution in [2.45, 2.75) is 38.5 Å². The molecular formula is C15H22N2O4. The van der Waals surface area contributed by atoms with Crippen LogP contribution in [-0.4, -0.2) is 35.7 Å². The first kappa shape index (κ1) is 17.1. The quantitative estimate of drug-likeness (QED) is 0.600. The summed E-state index contributed by atoms with van der Waals surface area (Å²) in [6.07, 6.45) is -0.00984. The zero-order chi connectivity index (χ0) is 15.7. The van der Waals surface area contributed by atoms with Crippen LogP contribution in [0.5, 0.6) is 0 Å². The summed E-state index contributed by atoms with van der Waals surface area (Å²) in [6, 6.07) is 8.59. The molecule has 1 aromatic carbocycles. The molecule has 1 aromatic rings. The van der Waals surface area contributed by atoms with Crippen molar-refractivity contribution in [2.75, 3.05) is 6.54 Å². The van der Waals surface area contributed by atoms with Crippen molar-refractivity contribution in [3.63, 3.8) is 0 Å². The van der Waals surface area contributed by atoms with Crippen LogP contribution in [0.2, 0.25) is 0 Å². The van der Waals surface area contributed by atoms with Crippen LogP contribution >= 0.6 is 0 Å². The van der Waals surface area contributed by atoms with E-state index in [4.69, 9.17) is 10.5 Å². The Balaban J connectivity index is 2.27. The number of rotatable bonds is 8. The number of amides is 1. The van der Waals surface area contributed by atoms with Crippen LogP contribution in [-0.2, 0) is 20.9 Å². The van der Waals surface area contributed by atoms with Gasteiger partial charge in [-0.25, -0.2) is 0 Å². The maximum absolute atomic E-state index is 11.6. The van der Waals surface area contributed by atoms with E-state index in [2.05, 4.69) is 5.32 Å². The van der Waals surface area contributed by atoms with Crippen molar-refractivity contribution in [1.29, 1.82) is 0 Å². The SMILES string of the molecule is CCCC(N)C(O)C(=O)NCC(=O)OCc1ccccc1. The Morgan fingerprint density at radius 1 is 1.33 bits per heavy atom. The minimum Gasteiger partial charge on any atom is -0.460 e. The standard InChI is InChI=1S/C15H22N2O4/c1-2-6-12(16)14(19)15(20)17-9-13(18)21-10-11-7-4-3-5-8-11/h3-5,7-8,12,14,19H,2,6,9-10,16H2,1H3,(H,17,20). The minimum atomic E-state index is -1.31. The van der Waals surface area contributed by atoms with Crippen molar-refractivity contribution in [1.82, 2.24) is 5.32 Å². The molecule has 0 radical (unpaired) electrons. The van der Waals surface area contributed by atoms with Crippen molar-refractivity contribution in [3.05, 3.63) is 35.9 Å². The molecule has 0 bridgehead atoms. The number of benzene rings is 1. The summed E-state index contributed by atoms with van der Waals surface area (Å²) in [5.41, 5.74) is 6.51. The average molecular weight is 294 g/mol. The van der Waals surface area contributed by atoms with Gasteiger partial charge < -0.3 is 20.9 Å². The molecule has 2 unspecified atom stereocenters. The molecule has 0 saturated heterocycles. The van der Waals surface area contributed by atoms with Gasteiger partial charge in [0, 0.05) is 6.04 Å². The Morgan fingerprint density at radius 3 is 2.62 bits per heavy atom. The Bertz CT molecular complexity index is 450. The second-order valence-corrected chi connectivity index (χ2v) is 4.76. The van der Waals surface area contributed by atoms with Gasteiger partial charge in [-0.3, -0.25) is 9.59 Å². The van der Waals surface area contributed by atoms with Gasteiger partial charge in [-0.15, -0.1) is 0 Å². The number of aliphatic hydroxyl groups excluding tert-OH is 1. The molecule has 0 spiro atoms. The molecule has 0 aliphatic carbocycles. The number of carbonyl (C=O) groups is 2. The van der Waals surface area contributed by atoms with Gasteiger partial charge in [0.15, 0.2) is 0 Å². The predicted octanol–water partition coefficient (Wildman–Crippen LogP) is 0.334. The largest absolute Gasteiger partial charge is 0.460 e. The van der Waals surface area contributed by atoms with Gasteiger partial charge in [-0.05, 0) is 12.0 Å². The molecule has 1 amide bonds. The van der Waals surface area contributed by atoms with Gasteiger partial charge in [0.25, 0.3) is 5.91 Å². The van der Waals surface area contributed by atoms with Gasteiger partial charge in [0.2, 0.25) is 0 Å². The number of esters is 1. The van der Waals surface area contributed by atoms with Crippen molar-refractivity contribution in [2.24, 2.45) is 5.73 Å². The van der Waals surface area contributed by atoms with Crippen LogP contribution in [0.15, 0.2) is 30.3 Å². The zero-order valence-electron chi connectivity index (χ0n) is 12.1. The van der Waals surface area contributed by atoms with Crippen LogP contribution in [0, 0.1) is 0 Å². The summed E-state index contributed by atoms with van der Waals surface area (Å²) in [6.45, 7) is 1.76. The zero-order valence-corrected chi connectivity index (χ0v) is 12.1. The van der Waals surface area contributed by atoms with Crippen LogP contribution in [0.25, 0.3) is 0 Å². The molecule has 1 rings (SSSR count). The Kier molecular flexibility index (Phi) is 7.42. The summed E-state index contributed by atoms with van der Waals surface area (Å²) in [5.74, 6) is -1.23. The number of ether oxygens (including phenoxy) is 1. The summed E-state index contributed by atoms with van der Waals surface area (Å²) in [7, 11) is 0. The van der Waals surface area contributed by atoms with E-state index in [9.17, 15) is 14.7 Å². The van der Waals surface area contributed by atoms with Gasteiger partial charge in [0.05, 0.1) is 0 Å². The van der Waals surface area contributed by atoms with E-state index in [1.54, 1.807) is 0 Å². The number of carbonyl (C=O) groups excluding carboxylic acids is 2. The predicted molar refractivity (Wildman–Crippen MR) is 78.1 cm³/mol. The first-order valence-electron chi connectivity index (χ1n) is 6.95. The fourth-order valence-electron chi connectivity index (χ4n) is 1.74. The monoisotopic (exact) mass is 294 g/mol. The average Bonchev–Trinajstić information content (AvgIpc) is 2.51. The first-order valence-corrected chi connectivity index (χ1v) is 6.95. The first-order chi connectivity index (χ1) is 10.0. The highest BCUT2D eigenvalue weighted by molar-refractivity contribution is 5.85. The Labute approximate surface area is 124 Å². The third kappa shape index (κ3) is 6.37. The van der Waals surface area contributed by atoms with Gasteiger partial charge in [0.1, 0.15) is 19.3 Å². The lowest BCUT2D eigenvalue weighted by atomic mass is 10.1. The Morgan fingerprint density at radius 2 is 2.00 bits per heavy atom. The summed E-state index contributed by atoms with van der Waals surface area (Å²) in [4.78, 5) is 23.1. The molecule has 0 aliphatic rings. The molecular weight excluding hydrogens is 272 g/mol. The minimum absolute atomic E-state index is 0.146. The molecule has 0 aromatic heterocycles. The molecule has 0 fully saturated rings. The van der Waals surface area contributed by atoms with Crippen LogP contribution in [0.3, 0.4) is 0 Å².